The average molecular weight is 198 g/mol. The number of carbonyl (C=O) groups is 1. The van der Waals surface area contributed by atoms with Crippen molar-refractivity contribution < 1.29 is 19.4 Å². The van der Waals surface area contributed by atoms with Gasteiger partial charge in [-0.15, -0.1) is 0 Å². The zero-order valence-electron chi connectivity index (χ0n) is 7.70. The Morgan fingerprint density at radius 3 is 2.79 bits per heavy atom. The van der Waals surface area contributed by atoms with Gasteiger partial charge >= 0.3 is 5.97 Å². The van der Waals surface area contributed by atoms with E-state index < -0.39 is 12.1 Å². The number of hydrogen-bond donors (Lipinski definition) is 2. The highest BCUT2D eigenvalue weighted by Crippen LogP contribution is 2.13. The van der Waals surface area contributed by atoms with E-state index in [1.807, 2.05) is 0 Å². The topological polar surface area (TPSA) is 57.5 Å². The number of hydrogen-bond acceptors (Lipinski definition) is 2. The Morgan fingerprint density at radius 2 is 2.21 bits per heavy atom. The maximum Gasteiger partial charge on any atom is 0.332 e. The lowest BCUT2D eigenvalue weighted by Gasteiger charge is -2.08. The first-order valence-electron chi connectivity index (χ1n) is 4.17. The molecular formula is C10H11FO3. The third-order valence-electron chi connectivity index (χ3n) is 2.08. The first-order chi connectivity index (χ1) is 6.52. The standard InChI is InChI=1S/C10H11FO3/c1-6-7(3-2-4-8(6)11)5-9(12)10(13)14/h2-4,9,12H,5H2,1H3,(H,13,14). The van der Waals surface area contributed by atoms with Gasteiger partial charge in [-0.1, -0.05) is 12.1 Å². The lowest BCUT2D eigenvalue weighted by Crippen LogP contribution is -2.22. The Morgan fingerprint density at radius 1 is 1.57 bits per heavy atom. The average Bonchev–Trinajstić information content (AvgIpc) is 2.12. The summed E-state index contributed by atoms with van der Waals surface area (Å²) in [5, 5.41) is 17.5. The van der Waals surface area contributed by atoms with Crippen LogP contribution >= 0.6 is 0 Å². The van der Waals surface area contributed by atoms with E-state index in [0.29, 0.717) is 11.1 Å². The molecule has 0 aliphatic heterocycles. The van der Waals surface area contributed by atoms with Crippen molar-refractivity contribution in [2.75, 3.05) is 0 Å². The smallest absolute Gasteiger partial charge is 0.332 e. The van der Waals surface area contributed by atoms with Gasteiger partial charge in [-0.3, -0.25) is 0 Å². The van der Waals surface area contributed by atoms with Crippen LogP contribution in [0.4, 0.5) is 4.39 Å². The minimum Gasteiger partial charge on any atom is -0.479 e. The molecule has 0 saturated heterocycles. The number of benzene rings is 1. The van der Waals surface area contributed by atoms with E-state index >= 15 is 0 Å². The number of carboxylic acid groups (broad SMARTS) is 1. The van der Waals surface area contributed by atoms with Crippen LogP contribution < -0.4 is 0 Å². The van der Waals surface area contributed by atoms with Gasteiger partial charge in [0.05, 0.1) is 0 Å². The van der Waals surface area contributed by atoms with E-state index in [-0.39, 0.29) is 12.2 Å². The summed E-state index contributed by atoms with van der Waals surface area (Å²) in [6, 6.07) is 4.39. The molecule has 0 amide bonds. The minimum atomic E-state index is -1.48. The highest BCUT2D eigenvalue weighted by Gasteiger charge is 2.15. The van der Waals surface area contributed by atoms with Crippen molar-refractivity contribution in [3.63, 3.8) is 0 Å². The van der Waals surface area contributed by atoms with Gasteiger partial charge in [0.2, 0.25) is 0 Å². The number of carboxylic acids is 1. The van der Waals surface area contributed by atoms with Crippen LogP contribution in [0.5, 0.6) is 0 Å². The molecular weight excluding hydrogens is 187 g/mol. The molecule has 0 aromatic heterocycles. The molecule has 1 rings (SSSR count). The van der Waals surface area contributed by atoms with Gasteiger partial charge in [0, 0.05) is 6.42 Å². The van der Waals surface area contributed by atoms with E-state index in [4.69, 9.17) is 10.2 Å². The second kappa shape index (κ2) is 4.19. The van der Waals surface area contributed by atoms with Gasteiger partial charge in [0.15, 0.2) is 6.10 Å². The molecule has 0 aliphatic rings. The fraction of sp³-hybridized carbons (Fsp3) is 0.300. The summed E-state index contributed by atoms with van der Waals surface area (Å²) in [7, 11) is 0. The van der Waals surface area contributed by atoms with Crippen LogP contribution in [0, 0.1) is 12.7 Å². The zero-order valence-corrected chi connectivity index (χ0v) is 7.70. The van der Waals surface area contributed by atoms with Gasteiger partial charge in [-0.2, -0.15) is 0 Å². The molecule has 0 fully saturated rings. The van der Waals surface area contributed by atoms with Crippen molar-refractivity contribution >= 4 is 5.97 Å². The van der Waals surface area contributed by atoms with Crippen LogP contribution in [0.1, 0.15) is 11.1 Å². The number of aliphatic carboxylic acids is 1. The Bertz CT molecular complexity index is 349. The lowest BCUT2D eigenvalue weighted by atomic mass is 10.0. The lowest BCUT2D eigenvalue weighted by molar-refractivity contribution is -0.146. The van der Waals surface area contributed by atoms with Gasteiger partial charge < -0.3 is 10.2 Å². The third kappa shape index (κ3) is 2.29. The van der Waals surface area contributed by atoms with Crippen molar-refractivity contribution in [1.29, 1.82) is 0 Å². The molecule has 1 atom stereocenters. The molecule has 14 heavy (non-hydrogen) atoms. The monoisotopic (exact) mass is 198 g/mol. The fourth-order valence-electron chi connectivity index (χ4n) is 1.17. The van der Waals surface area contributed by atoms with Crippen LogP contribution in [0.3, 0.4) is 0 Å². The van der Waals surface area contributed by atoms with Crippen molar-refractivity contribution in [2.24, 2.45) is 0 Å². The van der Waals surface area contributed by atoms with Crippen molar-refractivity contribution in [3.05, 3.63) is 35.1 Å². The predicted octanol–water partition coefficient (Wildman–Crippen LogP) is 1.12. The molecule has 0 spiro atoms. The molecule has 4 heteroatoms. The summed E-state index contributed by atoms with van der Waals surface area (Å²) in [5.41, 5.74) is 0.896. The Kier molecular flexibility index (Phi) is 3.19. The van der Waals surface area contributed by atoms with E-state index in [9.17, 15) is 9.18 Å². The molecule has 0 saturated carbocycles. The van der Waals surface area contributed by atoms with E-state index in [2.05, 4.69) is 0 Å². The first kappa shape index (κ1) is 10.7. The van der Waals surface area contributed by atoms with E-state index in [0.717, 1.165) is 0 Å². The summed E-state index contributed by atoms with van der Waals surface area (Å²) >= 11 is 0. The Labute approximate surface area is 80.8 Å². The van der Waals surface area contributed by atoms with E-state index in [1.165, 1.54) is 12.1 Å². The molecule has 1 aromatic rings. The van der Waals surface area contributed by atoms with Crippen LogP contribution in [-0.2, 0) is 11.2 Å². The predicted molar refractivity (Wildman–Crippen MR) is 48.5 cm³/mol. The van der Waals surface area contributed by atoms with Gasteiger partial charge in [0.1, 0.15) is 5.82 Å². The molecule has 2 N–H and O–H groups in total. The van der Waals surface area contributed by atoms with Crippen molar-refractivity contribution in [2.45, 2.75) is 19.4 Å². The summed E-state index contributed by atoms with van der Waals surface area (Å²) in [5.74, 6) is -1.69. The minimum absolute atomic E-state index is 0.0705. The molecule has 0 bridgehead atoms. The zero-order chi connectivity index (χ0) is 10.7. The molecule has 0 radical (unpaired) electrons. The van der Waals surface area contributed by atoms with Gasteiger partial charge in [-0.25, -0.2) is 9.18 Å². The number of aliphatic hydroxyl groups excluding tert-OH is 1. The van der Waals surface area contributed by atoms with Crippen molar-refractivity contribution in [1.82, 2.24) is 0 Å². The molecule has 0 heterocycles. The summed E-state index contributed by atoms with van der Waals surface area (Å²) in [6.45, 7) is 1.55. The van der Waals surface area contributed by atoms with Crippen LogP contribution in [0.25, 0.3) is 0 Å². The SMILES string of the molecule is Cc1c(F)cccc1CC(O)C(=O)O. The number of halogens is 1. The third-order valence-corrected chi connectivity index (χ3v) is 2.08. The second-order valence-electron chi connectivity index (χ2n) is 3.08. The normalized spacial score (nSPS) is 12.5. The molecule has 76 valence electrons. The summed E-state index contributed by atoms with van der Waals surface area (Å²) in [6.07, 6.45) is -1.55. The maximum atomic E-state index is 13.0. The highest BCUT2D eigenvalue weighted by atomic mass is 19.1. The van der Waals surface area contributed by atoms with E-state index in [1.54, 1.807) is 13.0 Å². The largest absolute Gasteiger partial charge is 0.479 e. The molecule has 3 nitrogen and oxygen atoms in total. The van der Waals surface area contributed by atoms with Crippen molar-refractivity contribution in [3.8, 4) is 0 Å². The van der Waals surface area contributed by atoms with Crippen LogP contribution in [0.15, 0.2) is 18.2 Å². The Balaban J connectivity index is 2.87. The summed E-state index contributed by atoms with van der Waals surface area (Å²) < 4.78 is 13.0. The number of aliphatic hydroxyl groups is 1. The second-order valence-corrected chi connectivity index (χ2v) is 3.08. The molecule has 0 aliphatic carbocycles. The van der Waals surface area contributed by atoms with Gasteiger partial charge in [0.25, 0.3) is 0 Å². The summed E-state index contributed by atoms with van der Waals surface area (Å²) in [4.78, 5) is 10.4. The first-order valence-corrected chi connectivity index (χ1v) is 4.17. The Hall–Kier alpha value is -1.42. The molecule has 1 aromatic carbocycles. The van der Waals surface area contributed by atoms with Crippen LogP contribution in [0.2, 0.25) is 0 Å². The number of rotatable bonds is 3. The quantitative estimate of drug-likeness (QED) is 0.765. The highest BCUT2D eigenvalue weighted by molar-refractivity contribution is 5.72. The molecule has 1 unspecified atom stereocenters. The van der Waals surface area contributed by atoms with Gasteiger partial charge in [-0.05, 0) is 24.1 Å². The van der Waals surface area contributed by atoms with Crippen LogP contribution in [-0.4, -0.2) is 22.3 Å². The fourth-order valence-corrected chi connectivity index (χ4v) is 1.17. The maximum absolute atomic E-state index is 13.0.